The SMILES string of the molecule is CC(c1ccc(OCC(=O)O)c(-c2cccc(C(F)(F)F)c2)c1)N(C)S(=O)(=O)c1ccc(F)cc1.COC(=O)COc1ccc(C(C)N(C)S(=O)(=O)c2ccc(F)cc2)cc1-c1cccc(C(F)(F)F)c1. The molecule has 0 aliphatic carbocycles. The van der Waals surface area contributed by atoms with Crippen molar-refractivity contribution in [3.8, 4) is 33.8 Å². The van der Waals surface area contributed by atoms with Gasteiger partial charge in [-0.25, -0.2) is 35.2 Å². The third-order valence-corrected chi connectivity index (χ3v) is 14.9. The summed E-state index contributed by atoms with van der Waals surface area (Å²) in [6.45, 7) is 1.97. The smallest absolute Gasteiger partial charge is 0.416 e. The van der Waals surface area contributed by atoms with Crippen LogP contribution in [0.15, 0.2) is 143 Å². The average molecular weight is 1040 g/mol. The molecule has 0 aromatic heterocycles. The summed E-state index contributed by atoms with van der Waals surface area (Å²) in [4.78, 5) is 22.3. The van der Waals surface area contributed by atoms with E-state index < -0.39 is 92.4 Å². The summed E-state index contributed by atoms with van der Waals surface area (Å²) < 4.78 is 176. The molecule has 0 saturated heterocycles. The van der Waals surface area contributed by atoms with Gasteiger partial charge in [0.05, 0.1) is 28.0 Å². The Morgan fingerprint density at radius 2 is 0.930 bits per heavy atom. The van der Waals surface area contributed by atoms with Crippen LogP contribution in [0.25, 0.3) is 22.3 Å². The van der Waals surface area contributed by atoms with Crippen LogP contribution in [0.3, 0.4) is 0 Å². The number of carboxylic acids is 1. The lowest BCUT2D eigenvalue weighted by Crippen LogP contribution is -2.29. The van der Waals surface area contributed by atoms with Crippen LogP contribution >= 0.6 is 0 Å². The molecule has 6 aromatic rings. The molecule has 0 heterocycles. The van der Waals surface area contributed by atoms with Crippen LogP contribution in [0.1, 0.15) is 48.2 Å². The second-order valence-corrected chi connectivity index (χ2v) is 19.5. The summed E-state index contributed by atoms with van der Waals surface area (Å²) in [5.74, 6) is -3.01. The van der Waals surface area contributed by atoms with Crippen molar-refractivity contribution in [2.75, 3.05) is 34.4 Å². The fourth-order valence-electron chi connectivity index (χ4n) is 6.76. The van der Waals surface area contributed by atoms with Gasteiger partial charge in [0, 0.05) is 37.3 Å². The number of hydrogen-bond acceptors (Lipinski definition) is 9. The summed E-state index contributed by atoms with van der Waals surface area (Å²) in [6, 6.07) is 24.9. The normalized spacial score (nSPS) is 12.9. The Kier molecular flexibility index (Phi) is 17.4. The molecule has 2 unspecified atom stereocenters. The number of carboxylic acid groups (broad SMARTS) is 1. The fraction of sp³-hybridized carbons (Fsp3) is 0.224. The zero-order valence-electron chi connectivity index (χ0n) is 38.1. The highest BCUT2D eigenvalue weighted by Gasteiger charge is 2.33. The molecule has 0 amide bonds. The molecule has 1 N–H and O–H groups in total. The molecular weight excluding hydrogens is 993 g/mol. The summed E-state index contributed by atoms with van der Waals surface area (Å²) in [5, 5.41) is 8.95. The number of methoxy groups -OCH3 is 1. The van der Waals surface area contributed by atoms with Crippen molar-refractivity contribution in [1.29, 1.82) is 0 Å². The number of esters is 1. The zero-order chi connectivity index (χ0) is 52.6. The number of sulfonamides is 2. The molecule has 6 rings (SSSR count). The van der Waals surface area contributed by atoms with Gasteiger partial charge >= 0.3 is 24.3 Å². The maximum absolute atomic E-state index is 13.3. The van der Waals surface area contributed by atoms with E-state index in [0.29, 0.717) is 11.1 Å². The summed E-state index contributed by atoms with van der Waals surface area (Å²) in [6.07, 6.45) is -9.19. The Hall–Kier alpha value is -6.88. The van der Waals surface area contributed by atoms with E-state index in [-0.39, 0.29) is 43.5 Å². The number of aliphatic carboxylic acids is 1. The second-order valence-electron chi connectivity index (χ2n) is 15.5. The van der Waals surface area contributed by atoms with Crippen LogP contribution in [0.2, 0.25) is 0 Å². The van der Waals surface area contributed by atoms with Crippen LogP contribution in [0.5, 0.6) is 11.5 Å². The lowest BCUT2D eigenvalue weighted by atomic mass is 9.97. The molecule has 2 atom stereocenters. The van der Waals surface area contributed by atoms with E-state index in [1.165, 1.54) is 75.8 Å². The fourth-order valence-corrected chi connectivity index (χ4v) is 9.46. The average Bonchev–Trinajstić information content (AvgIpc) is 3.33. The van der Waals surface area contributed by atoms with Gasteiger partial charge in [0.2, 0.25) is 20.0 Å². The maximum atomic E-state index is 13.3. The molecule has 71 heavy (non-hydrogen) atoms. The number of ether oxygens (including phenoxy) is 3. The van der Waals surface area contributed by atoms with Crippen LogP contribution < -0.4 is 9.47 Å². The molecular formula is C49H44F8N2O10S2. The maximum Gasteiger partial charge on any atom is 0.416 e. The largest absolute Gasteiger partial charge is 0.481 e. The number of halogens is 8. The highest BCUT2D eigenvalue weighted by Crippen LogP contribution is 2.40. The number of carbonyl (C=O) groups is 2. The Morgan fingerprint density at radius 1 is 0.563 bits per heavy atom. The number of carbonyl (C=O) groups excluding carboxylic acids is 1. The zero-order valence-corrected chi connectivity index (χ0v) is 39.8. The number of benzene rings is 6. The van der Waals surface area contributed by atoms with Crippen molar-refractivity contribution < 1.29 is 80.9 Å². The molecule has 0 spiro atoms. The van der Waals surface area contributed by atoms with E-state index in [9.17, 15) is 61.5 Å². The monoisotopic (exact) mass is 1040 g/mol. The molecule has 0 bridgehead atoms. The highest BCUT2D eigenvalue weighted by atomic mass is 32.2. The Bertz CT molecular complexity index is 3080. The third-order valence-electron chi connectivity index (χ3n) is 11.0. The first kappa shape index (κ1) is 55.1. The molecule has 0 aliphatic rings. The Labute approximate surface area is 403 Å². The topological polar surface area (TPSA) is 157 Å². The first-order valence-electron chi connectivity index (χ1n) is 20.8. The first-order valence-corrected chi connectivity index (χ1v) is 23.7. The predicted octanol–water partition coefficient (Wildman–Crippen LogP) is 10.8. The van der Waals surface area contributed by atoms with Crippen molar-refractivity contribution in [3.05, 3.63) is 167 Å². The van der Waals surface area contributed by atoms with Gasteiger partial charge in [0.15, 0.2) is 13.2 Å². The van der Waals surface area contributed by atoms with Crippen LogP contribution in [0, 0.1) is 11.6 Å². The van der Waals surface area contributed by atoms with Gasteiger partial charge in [-0.05, 0) is 133 Å². The van der Waals surface area contributed by atoms with E-state index in [4.69, 9.17) is 14.6 Å². The van der Waals surface area contributed by atoms with Gasteiger partial charge in [0.25, 0.3) is 0 Å². The molecule has 6 aromatic carbocycles. The molecule has 0 saturated carbocycles. The summed E-state index contributed by atoms with van der Waals surface area (Å²) in [7, 11) is -4.21. The van der Waals surface area contributed by atoms with Gasteiger partial charge in [-0.3, -0.25) is 0 Å². The molecule has 12 nitrogen and oxygen atoms in total. The van der Waals surface area contributed by atoms with E-state index in [1.54, 1.807) is 19.9 Å². The van der Waals surface area contributed by atoms with E-state index in [1.807, 2.05) is 0 Å². The molecule has 0 aliphatic heterocycles. The summed E-state index contributed by atoms with van der Waals surface area (Å²) in [5.41, 5.74) is -0.284. The van der Waals surface area contributed by atoms with E-state index >= 15 is 0 Å². The number of rotatable bonds is 16. The minimum Gasteiger partial charge on any atom is -0.481 e. The Morgan fingerprint density at radius 3 is 1.27 bits per heavy atom. The summed E-state index contributed by atoms with van der Waals surface area (Å²) >= 11 is 0. The van der Waals surface area contributed by atoms with Gasteiger partial charge in [0.1, 0.15) is 23.1 Å². The van der Waals surface area contributed by atoms with Gasteiger partial charge in [-0.1, -0.05) is 36.4 Å². The first-order chi connectivity index (χ1) is 33.1. The van der Waals surface area contributed by atoms with Crippen molar-refractivity contribution in [1.82, 2.24) is 8.61 Å². The van der Waals surface area contributed by atoms with Gasteiger partial charge in [-0.2, -0.15) is 35.0 Å². The molecule has 0 fully saturated rings. The van der Waals surface area contributed by atoms with Gasteiger partial charge in [-0.15, -0.1) is 0 Å². The van der Waals surface area contributed by atoms with Crippen molar-refractivity contribution in [2.24, 2.45) is 0 Å². The van der Waals surface area contributed by atoms with Crippen molar-refractivity contribution >= 4 is 32.0 Å². The molecule has 378 valence electrons. The quantitative estimate of drug-likeness (QED) is 0.0731. The predicted molar refractivity (Wildman–Crippen MR) is 244 cm³/mol. The number of alkyl halides is 6. The van der Waals surface area contributed by atoms with Gasteiger partial charge < -0.3 is 19.3 Å². The van der Waals surface area contributed by atoms with E-state index in [2.05, 4.69) is 4.74 Å². The molecule has 0 radical (unpaired) electrons. The number of nitrogens with zero attached hydrogens (tertiary/aromatic N) is 2. The minimum atomic E-state index is -4.60. The number of hydrogen-bond donors (Lipinski definition) is 1. The lowest BCUT2D eigenvalue weighted by Gasteiger charge is -2.25. The Balaban J connectivity index is 0.000000264. The van der Waals surface area contributed by atoms with Crippen LogP contribution in [-0.4, -0.2) is 76.9 Å². The van der Waals surface area contributed by atoms with Crippen molar-refractivity contribution in [3.63, 3.8) is 0 Å². The lowest BCUT2D eigenvalue weighted by molar-refractivity contribution is -0.143. The standard InChI is InChI=1S/C25H23F4NO5S.C24H21F4NO5S/c1-16(30(2)36(32,33)21-10-8-20(26)9-11-21)17-7-12-23(35-15-24(31)34-3)22(14-17)18-5-4-6-19(13-18)25(27,28)29;1-15(29(2)35(32,33)20-9-7-19(25)8-10-20)16-6-11-22(34-14-23(30)31)21(13-16)17-4-3-5-18(12-17)24(26,27)28/h4-14,16H,15H2,1-3H3;3-13,15H,14H2,1-2H3,(H,30,31). The second kappa shape index (κ2) is 22.5. The van der Waals surface area contributed by atoms with Crippen LogP contribution in [-0.2, 0) is 46.7 Å². The van der Waals surface area contributed by atoms with E-state index in [0.717, 1.165) is 81.4 Å². The minimum absolute atomic E-state index is 0.0201. The van der Waals surface area contributed by atoms with Crippen LogP contribution in [0.4, 0.5) is 35.1 Å². The van der Waals surface area contributed by atoms with Crippen molar-refractivity contribution in [2.45, 2.75) is 48.1 Å². The molecule has 22 heteroatoms. The third kappa shape index (κ3) is 13.7. The highest BCUT2D eigenvalue weighted by molar-refractivity contribution is 7.89.